The number of halogens is 2. The van der Waals surface area contributed by atoms with Gasteiger partial charge in [-0.1, -0.05) is 15.9 Å². The molecule has 5 nitrogen and oxygen atoms in total. The van der Waals surface area contributed by atoms with Crippen molar-refractivity contribution in [1.82, 2.24) is 4.90 Å². The van der Waals surface area contributed by atoms with Crippen molar-refractivity contribution in [2.45, 2.75) is 25.3 Å². The van der Waals surface area contributed by atoms with Crippen LogP contribution in [0.1, 0.15) is 19.3 Å². The molecule has 0 saturated carbocycles. The lowest BCUT2D eigenvalue weighted by atomic mass is 10.0. The van der Waals surface area contributed by atoms with Gasteiger partial charge in [0.15, 0.2) is 18.2 Å². The molecule has 0 spiro atoms. The van der Waals surface area contributed by atoms with Gasteiger partial charge in [-0.3, -0.25) is 4.79 Å². The zero-order valence-corrected chi connectivity index (χ0v) is 13.8. The number of esters is 1. The molecule has 1 unspecified atom stereocenters. The van der Waals surface area contributed by atoms with Crippen LogP contribution in [0.15, 0.2) is 22.7 Å². The molecule has 1 saturated heterocycles. The molecule has 0 aromatic heterocycles. The van der Waals surface area contributed by atoms with Gasteiger partial charge < -0.3 is 14.4 Å². The molecule has 120 valence electrons. The number of nitrogens with zero attached hydrogens (tertiary/aromatic N) is 1. The Morgan fingerprint density at radius 1 is 1.41 bits per heavy atom. The van der Waals surface area contributed by atoms with Gasteiger partial charge in [0.2, 0.25) is 0 Å². The molecule has 1 amide bonds. The number of likely N-dealkylation sites (tertiary alicyclic amines) is 1. The van der Waals surface area contributed by atoms with E-state index < -0.39 is 17.8 Å². The molecule has 0 radical (unpaired) electrons. The molecule has 1 aromatic carbocycles. The molecular formula is C15H17BrFNO4. The van der Waals surface area contributed by atoms with Gasteiger partial charge in [0.25, 0.3) is 5.91 Å². The van der Waals surface area contributed by atoms with Crippen LogP contribution in [-0.4, -0.2) is 43.1 Å². The number of ether oxygens (including phenoxy) is 2. The number of benzene rings is 1. The summed E-state index contributed by atoms with van der Waals surface area (Å²) in [6, 6.07) is 3.75. The monoisotopic (exact) mass is 373 g/mol. The molecule has 0 N–H and O–H groups in total. The fraction of sp³-hybridized carbons (Fsp3) is 0.467. The van der Waals surface area contributed by atoms with E-state index in [9.17, 15) is 14.0 Å². The van der Waals surface area contributed by atoms with Crippen LogP contribution in [0.3, 0.4) is 0 Å². The van der Waals surface area contributed by atoms with E-state index in [4.69, 9.17) is 9.47 Å². The van der Waals surface area contributed by atoms with E-state index >= 15 is 0 Å². The van der Waals surface area contributed by atoms with Gasteiger partial charge in [0.05, 0.1) is 7.11 Å². The molecule has 1 aliphatic rings. The normalized spacial score (nSPS) is 18.0. The van der Waals surface area contributed by atoms with Crippen LogP contribution < -0.4 is 4.74 Å². The van der Waals surface area contributed by atoms with Crippen molar-refractivity contribution < 1.29 is 23.5 Å². The van der Waals surface area contributed by atoms with E-state index in [1.807, 2.05) is 0 Å². The first-order chi connectivity index (χ1) is 10.5. The van der Waals surface area contributed by atoms with E-state index in [2.05, 4.69) is 15.9 Å². The van der Waals surface area contributed by atoms with E-state index in [-0.39, 0.29) is 18.3 Å². The van der Waals surface area contributed by atoms with Gasteiger partial charge in [-0.2, -0.15) is 0 Å². The predicted octanol–water partition coefficient (Wildman–Crippen LogP) is 2.52. The Hall–Kier alpha value is -1.63. The Bertz CT molecular complexity index is 566. The maximum absolute atomic E-state index is 13.6. The highest BCUT2D eigenvalue weighted by molar-refractivity contribution is 9.10. The molecule has 0 aliphatic carbocycles. The van der Waals surface area contributed by atoms with E-state index in [1.54, 1.807) is 6.07 Å². The molecule has 1 aliphatic heterocycles. The summed E-state index contributed by atoms with van der Waals surface area (Å²) in [5.74, 6) is -1.33. The highest BCUT2D eigenvalue weighted by Gasteiger charge is 2.32. The summed E-state index contributed by atoms with van der Waals surface area (Å²) >= 11 is 3.15. The largest absolute Gasteiger partial charge is 0.481 e. The Kier molecular flexibility index (Phi) is 5.76. The van der Waals surface area contributed by atoms with Gasteiger partial charge >= 0.3 is 5.97 Å². The first kappa shape index (κ1) is 16.7. The van der Waals surface area contributed by atoms with Gasteiger partial charge in [0.1, 0.15) is 6.04 Å². The van der Waals surface area contributed by atoms with Crippen LogP contribution in [0.25, 0.3) is 0 Å². The first-order valence-corrected chi connectivity index (χ1v) is 7.77. The minimum Gasteiger partial charge on any atom is -0.481 e. The summed E-state index contributed by atoms with van der Waals surface area (Å²) in [5, 5.41) is 0. The SMILES string of the molecule is COC(=O)C1CCCCN1C(=O)COc1ccc(Br)cc1F. The van der Waals surface area contributed by atoms with Crippen molar-refractivity contribution >= 4 is 27.8 Å². The lowest BCUT2D eigenvalue weighted by molar-refractivity contribution is -0.155. The quantitative estimate of drug-likeness (QED) is 0.761. The summed E-state index contributed by atoms with van der Waals surface area (Å²) in [5.41, 5.74) is 0. The maximum Gasteiger partial charge on any atom is 0.328 e. The zero-order chi connectivity index (χ0) is 16.1. The smallest absolute Gasteiger partial charge is 0.328 e. The minimum absolute atomic E-state index is 0.00294. The number of carbonyl (C=O) groups is 2. The Morgan fingerprint density at radius 3 is 2.86 bits per heavy atom. The lowest BCUT2D eigenvalue weighted by Crippen LogP contribution is -2.50. The topological polar surface area (TPSA) is 55.8 Å². The lowest BCUT2D eigenvalue weighted by Gasteiger charge is -2.33. The van der Waals surface area contributed by atoms with Crippen molar-refractivity contribution in [3.05, 3.63) is 28.5 Å². The van der Waals surface area contributed by atoms with E-state index in [1.165, 1.54) is 24.1 Å². The highest BCUT2D eigenvalue weighted by atomic mass is 79.9. The van der Waals surface area contributed by atoms with Crippen LogP contribution in [0.5, 0.6) is 5.75 Å². The van der Waals surface area contributed by atoms with E-state index in [0.717, 1.165) is 12.8 Å². The third-order valence-corrected chi connectivity index (χ3v) is 4.03. The second-order valence-electron chi connectivity index (χ2n) is 4.99. The molecule has 1 fully saturated rings. The summed E-state index contributed by atoms with van der Waals surface area (Å²) in [6.07, 6.45) is 2.27. The fourth-order valence-electron chi connectivity index (χ4n) is 2.43. The van der Waals surface area contributed by atoms with Crippen molar-refractivity contribution in [2.24, 2.45) is 0 Å². The summed E-state index contributed by atoms with van der Waals surface area (Å²) in [6.45, 7) is 0.164. The predicted molar refractivity (Wildman–Crippen MR) is 81.0 cm³/mol. The standard InChI is InChI=1S/C15H17BrFNO4/c1-21-15(20)12-4-2-3-7-18(12)14(19)9-22-13-6-5-10(16)8-11(13)17/h5-6,8,12H,2-4,7,9H2,1H3. The van der Waals surface area contributed by atoms with Crippen LogP contribution >= 0.6 is 15.9 Å². The van der Waals surface area contributed by atoms with Crippen LogP contribution in [0, 0.1) is 5.82 Å². The zero-order valence-electron chi connectivity index (χ0n) is 12.2. The van der Waals surface area contributed by atoms with Crippen LogP contribution in [0.4, 0.5) is 4.39 Å². The molecule has 22 heavy (non-hydrogen) atoms. The number of amides is 1. The fourth-order valence-corrected chi connectivity index (χ4v) is 2.76. The number of hydrogen-bond acceptors (Lipinski definition) is 4. The van der Waals surface area contributed by atoms with Crippen molar-refractivity contribution in [3.8, 4) is 5.75 Å². The third kappa shape index (κ3) is 3.97. The average molecular weight is 374 g/mol. The molecule has 1 atom stereocenters. The number of piperidine rings is 1. The molecule has 7 heteroatoms. The number of methoxy groups -OCH3 is 1. The van der Waals surface area contributed by atoms with Crippen LogP contribution in [-0.2, 0) is 14.3 Å². The first-order valence-electron chi connectivity index (χ1n) is 6.98. The van der Waals surface area contributed by atoms with Gasteiger partial charge in [0, 0.05) is 11.0 Å². The molecule has 1 heterocycles. The molecule has 2 rings (SSSR count). The number of hydrogen-bond donors (Lipinski definition) is 0. The summed E-state index contributed by atoms with van der Waals surface area (Å²) in [7, 11) is 1.30. The second kappa shape index (κ2) is 7.58. The van der Waals surface area contributed by atoms with E-state index in [0.29, 0.717) is 17.4 Å². The van der Waals surface area contributed by atoms with Crippen LogP contribution in [0.2, 0.25) is 0 Å². The average Bonchev–Trinajstić information content (AvgIpc) is 2.53. The Labute approximate surface area is 136 Å². The number of rotatable bonds is 4. The minimum atomic E-state index is -0.579. The van der Waals surface area contributed by atoms with Gasteiger partial charge in [-0.05, 0) is 37.5 Å². The Balaban J connectivity index is 1.99. The number of carbonyl (C=O) groups excluding carboxylic acids is 2. The molecule has 1 aromatic rings. The Morgan fingerprint density at radius 2 is 2.18 bits per heavy atom. The third-order valence-electron chi connectivity index (χ3n) is 3.54. The van der Waals surface area contributed by atoms with Gasteiger partial charge in [-0.25, -0.2) is 9.18 Å². The maximum atomic E-state index is 13.6. The summed E-state index contributed by atoms with van der Waals surface area (Å²) < 4.78 is 24.2. The second-order valence-corrected chi connectivity index (χ2v) is 5.90. The molecular weight excluding hydrogens is 357 g/mol. The van der Waals surface area contributed by atoms with Gasteiger partial charge in [-0.15, -0.1) is 0 Å². The highest BCUT2D eigenvalue weighted by Crippen LogP contribution is 2.22. The van der Waals surface area contributed by atoms with Crippen molar-refractivity contribution in [2.75, 3.05) is 20.3 Å². The summed E-state index contributed by atoms with van der Waals surface area (Å²) in [4.78, 5) is 25.4. The molecule has 0 bridgehead atoms. The van der Waals surface area contributed by atoms with Crippen molar-refractivity contribution in [1.29, 1.82) is 0 Å². The van der Waals surface area contributed by atoms with Crippen molar-refractivity contribution in [3.63, 3.8) is 0 Å².